The second-order valence-corrected chi connectivity index (χ2v) is 16.4. The Labute approximate surface area is 363 Å². The van der Waals surface area contributed by atoms with Crippen LogP contribution in [0, 0.1) is 0 Å². The summed E-state index contributed by atoms with van der Waals surface area (Å²) in [5.74, 6) is 1.98. The molecule has 5 nitrogen and oxygen atoms in total. The minimum absolute atomic E-state index is 0.182. The lowest BCUT2D eigenvalue weighted by Crippen LogP contribution is -2.06. The first-order valence-electron chi connectivity index (χ1n) is 21.5. The summed E-state index contributed by atoms with van der Waals surface area (Å²) in [6, 6.07) is 78.0. The molecule has 12 aromatic rings. The molecule has 1 unspecified atom stereocenters. The molecule has 1 aliphatic carbocycles. The van der Waals surface area contributed by atoms with Crippen molar-refractivity contribution in [2.45, 2.75) is 5.92 Å². The molecular formula is C58H37N5. The standard InChI is InChI=1S/C58H37N5/c1-4-17-37(18-5-1)40-23-16-24-41(35-40)57-59-56(39-21-8-3-9-22-39)60-58(61-57)63-51-30-15-13-28-48(51)54-52(63)34-33-47-44-26-12-14-29-50(44)62(55(47)54)42-31-32-46-49(36-42)43-25-10-11-27-45(43)53(46)38-19-6-2-7-20-38/h1-36,53H. The lowest BCUT2D eigenvalue weighted by Gasteiger charge is -2.15. The predicted molar refractivity (Wildman–Crippen MR) is 258 cm³/mol. The summed E-state index contributed by atoms with van der Waals surface area (Å²) in [4.78, 5) is 15.8. The molecule has 3 heterocycles. The average Bonchev–Trinajstić information content (AvgIpc) is 4.00. The maximum Gasteiger partial charge on any atom is 0.238 e. The highest BCUT2D eigenvalue weighted by Crippen LogP contribution is 2.49. The molecule has 13 rings (SSSR count). The number of benzene rings is 9. The highest BCUT2D eigenvalue weighted by atomic mass is 15.2. The fraction of sp³-hybridized carbons (Fsp3) is 0.0172. The SMILES string of the molecule is c1ccc(-c2cccc(-c3nc(-c4ccccc4)nc(-n4c5ccccc5c5c4ccc4c6ccccc6n(-c6ccc7c(c6)-c6ccccc6C7c6ccccc6)c45)n3)c2)cc1. The molecule has 0 amide bonds. The third-order valence-corrected chi connectivity index (χ3v) is 12.9. The Morgan fingerprint density at radius 3 is 1.75 bits per heavy atom. The van der Waals surface area contributed by atoms with E-state index in [0.29, 0.717) is 17.6 Å². The van der Waals surface area contributed by atoms with Crippen LogP contribution in [-0.2, 0) is 0 Å². The Balaban J connectivity index is 1.07. The van der Waals surface area contributed by atoms with Gasteiger partial charge in [0.1, 0.15) is 0 Å². The van der Waals surface area contributed by atoms with Crippen LogP contribution in [-0.4, -0.2) is 24.1 Å². The zero-order chi connectivity index (χ0) is 41.4. The number of hydrogen-bond donors (Lipinski definition) is 0. The summed E-state index contributed by atoms with van der Waals surface area (Å²) in [5.41, 5.74) is 16.2. The van der Waals surface area contributed by atoms with Crippen LogP contribution >= 0.6 is 0 Å². The van der Waals surface area contributed by atoms with Crippen molar-refractivity contribution in [3.63, 3.8) is 0 Å². The van der Waals surface area contributed by atoms with Crippen molar-refractivity contribution in [3.8, 4) is 56.7 Å². The molecule has 0 aliphatic heterocycles. The number of rotatable bonds is 6. The summed E-state index contributed by atoms with van der Waals surface area (Å²) in [6.07, 6.45) is 0. The normalized spacial score (nSPS) is 13.2. The van der Waals surface area contributed by atoms with Gasteiger partial charge >= 0.3 is 0 Å². The Hall–Kier alpha value is -8.41. The Morgan fingerprint density at radius 1 is 0.349 bits per heavy atom. The molecule has 0 N–H and O–H groups in total. The number of nitrogens with zero attached hydrogens (tertiary/aromatic N) is 5. The Morgan fingerprint density at radius 2 is 0.952 bits per heavy atom. The van der Waals surface area contributed by atoms with E-state index in [9.17, 15) is 0 Å². The Bertz CT molecular complexity index is 3740. The molecule has 1 atom stereocenters. The fourth-order valence-corrected chi connectivity index (χ4v) is 10.1. The summed E-state index contributed by atoms with van der Waals surface area (Å²) >= 11 is 0. The van der Waals surface area contributed by atoms with Gasteiger partial charge in [0.25, 0.3) is 0 Å². The van der Waals surface area contributed by atoms with E-state index in [4.69, 9.17) is 15.0 Å². The van der Waals surface area contributed by atoms with E-state index in [0.717, 1.165) is 60.8 Å². The minimum atomic E-state index is 0.182. The smallest absolute Gasteiger partial charge is 0.238 e. The molecule has 0 fully saturated rings. The average molecular weight is 804 g/mol. The molecule has 1 aliphatic rings. The van der Waals surface area contributed by atoms with E-state index in [1.54, 1.807) is 0 Å². The van der Waals surface area contributed by atoms with Gasteiger partial charge in [-0.05, 0) is 75.3 Å². The third kappa shape index (κ3) is 5.53. The topological polar surface area (TPSA) is 48.5 Å². The van der Waals surface area contributed by atoms with Crippen molar-refractivity contribution in [1.29, 1.82) is 0 Å². The largest absolute Gasteiger partial charge is 0.309 e. The van der Waals surface area contributed by atoms with Crippen molar-refractivity contribution < 1.29 is 0 Å². The Kier molecular flexibility index (Phi) is 7.90. The molecular weight excluding hydrogens is 767 g/mol. The molecule has 0 saturated heterocycles. The van der Waals surface area contributed by atoms with E-state index >= 15 is 0 Å². The molecule has 5 heteroatoms. The summed E-state index contributed by atoms with van der Waals surface area (Å²) in [6.45, 7) is 0. The minimum Gasteiger partial charge on any atom is -0.309 e. The highest BCUT2D eigenvalue weighted by Gasteiger charge is 2.31. The van der Waals surface area contributed by atoms with E-state index in [2.05, 4.69) is 203 Å². The van der Waals surface area contributed by atoms with Crippen molar-refractivity contribution >= 4 is 43.6 Å². The van der Waals surface area contributed by atoms with Gasteiger partial charge in [0, 0.05) is 44.3 Å². The molecule has 0 saturated carbocycles. The molecule has 63 heavy (non-hydrogen) atoms. The monoisotopic (exact) mass is 803 g/mol. The van der Waals surface area contributed by atoms with Crippen LogP contribution in [0.3, 0.4) is 0 Å². The van der Waals surface area contributed by atoms with Gasteiger partial charge < -0.3 is 4.57 Å². The molecule has 0 bridgehead atoms. The van der Waals surface area contributed by atoms with Crippen molar-refractivity contribution in [3.05, 3.63) is 235 Å². The second-order valence-electron chi connectivity index (χ2n) is 16.4. The zero-order valence-corrected chi connectivity index (χ0v) is 34.1. The van der Waals surface area contributed by atoms with Crippen LogP contribution in [0.15, 0.2) is 218 Å². The second kappa shape index (κ2) is 14.1. The van der Waals surface area contributed by atoms with E-state index < -0.39 is 0 Å². The van der Waals surface area contributed by atoms with Crippen LogP contribution in [0.5, 0.6) is 0 Å². The van der Waals surface area contributed by atoms with Crippen LogP contribution < -0.4 is 0 Å². The van der Waals surface area contributed by atoms with Crippen molar-refractivity contribution in [2.24, 2.45) is 0 Å². The quantitative estimate of drug-likeness (QED) is 0.168. The number of fused-ring (bicyclic) bond motifs is 10. The third-order valence-electron chi connectivity index (χ3n) is 12.9. The van der Waals surface area contributed by atoms with Gasteiger partial charge in [-0.1, -0.05) is 182 Å². The van der Waals surface area contributed by atoms with Gasteiger partial charge in [-0.2, -0.15) is 9.97 Å². The molecule has 294 valence electrons. The van der Waals surface area contributed by atoms with Gasteiger partial charge in [0.2, 0.25) is 5.95 Å². The maximum atomic E-state index is 5.34. The highest BCUT2D eigenvalue weighted by molar-refractivity contribution is 6.26. The van der Waals surface area contributed by atoms with Crippen LogP contribution in [0.25, 0.3) is 100 Å². The lowest BCUT2D eigenvalue weighted by molar-refractivity contribution is 0.953. The van der Waals surface area contributed by atoms with E-state index in [-0.39, 0.29) is 5.92 Å². The summed E-state index contributed by atoms with van der Waals surface area (Å²) < 4.78 is 4.71. The number of para-hydroxylation sites is 2. The first-order valence-corrected chi connectivity index (χ1v) is 21.5. The summed E-state index contributed by atoms with van der Waals surface area (Å²) in [5, 5.41) is 4.69. The zero-order valence-electron chi connectivity index (χ0n) is 34.1. The molecule has 0 radical (unpaired) electrons. The molecule has 9 aromatic carbocycles. The van der Waals surface area contributed by atoms with Crippen LogP contribution in [0.1, 0.15) is 22.6 Å². The van der Waals surface area contributed by atoms with Crippen LogP contribution in [0.4, 0.5) is 0 Å². The maximum absolute atomic E-state index is 5.34. The van der Waals surface area contributed by atoms with Gasteiger partial charge in [-0.15, -0.1) is 0 Å². The van der Waals surface area contributed by atoms with Gasteiger partial charge in [0.15, 0.2) is 11.6 Å². The van der Waals surface area contributed by atoms with Gasteiger partial charge in [-0.3, -0.25) is 4.57 Å². The molecule has 0 spiro atoms. The first-order chi connectivity index (χ1) is 31.3. The summed E-state index contributed by atoms with van der Waals surface area (Å²) in [7, 11) is 0. The predicted octanol–water partition coefficient (Wildman–Crippen LogP) is 14.2. The first kappa shape index (κ1) is 35.4. The lowest BCUT2D eigenvalue weighted by atomic mass is 9.89. The van der Waals surface area contributed by atoms with Gasteiger partial charge in [0.05, 0.1) is 22.1 Å². The van der Waals surface area contributed by atoms with E-state index in [1.807, 2.05) is 24.3 Å². The number of hydrogen-bond acceptors (Lipinski definition) is 3. The molecule has 3 aromatic heterocycles. The van der Waals surface area contributed by atoms with Crippen molar-refractivity contribution in [1.82, 2.24) is 24.1 Å². The number of aromatic nitrogens is 5. The fourth-order valence-electron chi connectivity index (χ4n) is 10.1. The van der Waals surface area contributed by atoms with E-state index in [1.165, 1.54) is 38.6 Å². The van der Waals surface area contributed by atoms with Crippen molar-refractivity contribution in [2.75, 3.05) is 0 Å². The van der Waals surface area contributed by atoms with Crippen LogP contribution in [0.2, 0.25) is 0 Å². The van der Waals surface area contributed by atoms with Gasteiger partial charge in [-0.25, -0.2) is 4.98 Å².